The Bertz CT molecular complexity index is 404. The molecule has 2 heteroatoms. The molecule has 0 aliphatic carbocycles. The molecule has 64 valence electrons. The maximum atomic E-state index is 11.6. The summed E-state index contributed by atoms with van der Waals surface area (Å²) in [6.45, 7) is 3.59. The second-order valence-corrected chi connectivity index (χ2v) is 2.90. The number of nitrogens with zero attached hydrogens (tertiary/aromatic N) is 1. The number of para-hydroxylation sites is 1. The van der Waals surface area contributed by atoms with Crippen molar-refractivity contribution < 1.29 is 4.79 Å². The molecule has 2 nitrogen and oxygen atoms in total. The SMILES string of the molecule is C=CCC1=Nc2ccccc2C1=O. The van der Waals surface area contributed by atoms with E-state index in [4.69, 9.17) is 0 Å². The van der Waals surface area contributed by atoms with E-state index >= 15 is 0 Å². The van der Waals surface area contributed by atoms with Gasteiger partial charge in [-0.15, -0.1) is 6.58 Å². The van der Waals surface area contributed by atoms with Crippen molar-refractivity contribution in [3.63, 3.8) is 0 Å². The highest BCUT2D eigenvalue weighted by Crippen LogP contribution is 2.26. The van der Waals surface area contributed by atoms with Crippen LogP contribution >= 0.6 is 0 Å². The van der Waals surface area contributed by atoms with Gasteiger partial charge < -0.3 is 0 Å². The standard InChI is InChI=1S/C11H9NO/c1-2-5-10-11(13)8-6-3-4-7-9(8)12-10/h2-4,6-7H,1,5H2. The highest BCUT2D eigenvalue weighted by molar-refractivity contribution is 6.50. The minimum atomic E-state index is 0.0375. The molecule has 0 spiro atoms. The fourth-order valence-electron chi connectivity index (χ4n) is 1.39. The van der Waals surface area contributed by atoms with Gasteiger partial charge in [0.25, 0.3) is 0 Å². The van der Waals surface area contributed by atoms with Crippen LogP contribution in [-0.2, 0) is 0 Å². The molecule has 1 aromatic carbocycles. The van der Waals surface area contributed by atoms with Crippen molar-refractivity contribution >= 4 is 17.2 Å². The van der Waals surface area contributed by atoms with E-state index in [9.17, 15) is 4.79 Å². The zero-order valence-electron chi connectivity index (χ0n) is 7.16. The average molecular weight is 171 g/mol. The van der Waals surface area contributed by atoms with Gasteiger partial charge in [0.2, 0.25) is 5.78 Å². The lowest BCUT2D eigenvalue weighted by molar-refractivity contribution is 0.106. The van der Waals surface area contributed by atoms with Crippen molar-refractivity contribution in [3.8, 4) is 0 Å². The largest absolute Gasteiger partial charge is 0.287 e. The van der Waals surface area contributed by atoms with Crippen LogP contribution in [0.4, 0.5) is 5.69 Å². The molecule has 0 atom stereocenters. The number of carbonyl (C=O) groups is 1. The first-order valence-corrected chi connectivity index (χ1v) is 4.15. The third-order valence-corrected chi connectivity index (χ3v) is 2.00. The lowest BCUT2D eigenvalue weighted by atomic mass is 10.1. The number of allylic oxidation sites excluding steroid dienone is 1. The number of rotatable bonds is 2. The van der Waals surface area contributed by atoms with Gasteiger partial charge in [0.05, 0.1) is 11.4 Å². The summed E-state index contributed by atoms with van der Waals surface area (Å²) in [6.07, 6.45) is 2.25. The van der Waals surface area contributed by atoms with Gasteiger partial charge in [-0.25, -0.2) is 4.99 Å². The van der Waals surface area contributed by atoms with E-state index in [1.54, 1.807) is 12.1 Å². The topological polar surface area (TPSA) is 29.4 Å². The van der Waals surface area contributed by atoms with Gasteiger partial charge in [0.15, 0.2) is 0 Å². The molecular weight excluding hydrogens is 162 g/mol. The summed E-state index contributed by atoms with van der Waals surface area (Å²) in [7, 11) is 0. The maximum absolute atomic E-state index is 11.6. The lowest BCUT2D eigenvalue weighted by Crippen LogP contribution is -2.07. The molecule has 0 saturated heterocycles. The fourth-order valence-corrected chi connectivity index (χ4v) is 1.39. The van der Waals surface area contributed by atoms with Gasteiger partial charge >= 0.3 is 0 Å². The highest BCUT2D eigenvalue weighted by Gasteiger charge is 2.22. The van der Waals surface area contributed by atoms with Crippen LogP contribution in [0, 0.1) is 0 Å². The smallest absolute Gasteiger partial charge is 0.209 e. The first-order chi connectivity index (χ1) is 6.33. The number of hydrogen-bond donors (Lipinski definition) is 0. The number of ketones is 1. The van der Waals surface area contributed by atoms with Crippen molar-refractivity contribution in [2.45, 2.75) is 6.42 Å². The quantitative estimate of drug-likeness (QED) is 0.629. The Morgan fingerprint density at radius 3 is 2.85 bits per heavy atom. The Kier molecular flexibility index (Phi) is 1.81. The lowest BCUT2D eigenvalue weighted by Gasteiger charge is -1.92. The fraction of sp³-hybridized carbons (Fsp3) is 0.0909. The summed E-state index contributed by atoms with van der Waals surface area (Å²) >= 11 is 0. The molecule has 0 fully saturated rings. The van der Waals surface area contributed by atoms with Gasteiger partial charge in [-0.3, -0.25) is 4.79 Å². The van der Waals surface area contributed by atoms with E-state index in [2.05, 4.69) is 11.6 Å². The van der Waals surface area contributed by atoms with Gasteiger partial charge in [-0.2, -0.15) is 0 Å². The number of hydrogen-bond acceptors (Lipinski definition) is 2. The van der Waals surface area contributed by atoms with E-state index in [0.717, 1.165) is 5.69 Å². The molecule has 0 amide bonds. The first-order valence-electron chi connectivity index (χ1n) is 4.15. The molecule has 1 heterocycles. The Morgan fingerprint density at radius 1 is 1.38 bits per heavy atom. The number of carbonyl (C=O) groups excluding carboxylic acids is 1. The molecule has 0 N–H and O–H groups in total. The molecular formula is C11H9NO. The zero-order valence-corrected chi connectivity index (χ0v) is 7.16. The van der Waals surface area contributed by atoms with Crippen LogP contribution < -0.4 is 0 Å². The molecule has 1 aliphatic rings. The summed E-state index contributed by atoms with van der Waals surface area (Å²) in [5.74, 6) is 0.0375. The van der Waals surface area contributed by atoms with Crippen molar-refractivity contribution in [1.82, 2.24) is 0 Å². The van der Waals surface area contributed by atoms with Crippen LogP contribution in [0.5, 0.6) is 0 Å². The van der Waals surface area contributed by atoms with E-state index in [0.29, 0.717) is 17.7 Å². The monoisotopic (exact) mass is 171 g/mol. The third-order valence-electron chi connectivity index (χ3n) is 2.00. The zero-order chi connectivity index (χ0) is 9.26. The highest BCUT2D eigenvalue weighted by atomic mass is 16.1. The molecule has 2 rings (SSSR count). The minimum absolute atomic E-state index is 0.0375. The van der Waals surface area contributed by atoms with E-state index in [1.165, 1.54) is 0 Å². The van der Waals surface area contributed by atoms with E-state index < -0.39 is 0 Å². The Balaban J connectivity index is 2.44. The Labute approximate surface area is 76.6 Å². The second kappa shape index (κ2) is 2.98. The van der Waals surface area contributed by atoms with Crippen molar-refractivity contribution in [1.29, 1.82) is 0 Å². The van der Waals surface area contributed by atoms with Crippen LogP contribution in [-0.4, -0.2) is 11.5 Å². The number of Topliss-reactive ketones (excluding diaryl/α,β-unsaturated/α-hetero) is 1. The Morgan fingerprint density at radius 2 is 2.15 bits per heavy atom. The van der Waals surface area contributed by atoms with Crippen molar-refractivity contribution in [3.05, 3.63) is 42.5 Å². The molecule has 0 unspecified atom stereocenters. The van der Waals surface area contributed by atoms with Gasteiger partial charge in [0.1, 0.15) is 0 Å². The van der Waals surface area contributed by atoms with Crippen LogP contribution in [0.25, 0.3) is 0 Å². The number of aliphatic imine (C=N–C) groups is 1. The van der Waals surface area contributed by atoms with Crippen LogP contribution in [0.15, 0.2) is 41.9 Å². The summed E-state index contributed by atoms with van der Waals surface area (Å²) in [5, 5.41) is 0. The van der Waals surface area contributed by atoms with Crippen molar-refractivity contribution in [2.24, 2.45) is 4.99 Å². The van der Waals surface area contributed by atoms with E-state index in [-0.39, 0.29) is 5.78 Å². The normalized spacial score (nSPS) is 13.8. The van der Waals surface area contributed by atoms with Gasteiger partial charge in [-0.1, -0.05) is 18.2 Å². The molecule has 0 bridgehead atoms. The average Bonchev–Trinajstić information content (AvgIpc) is 2.46. The minimum Gasteiger partial charge on any atom is -0.287 e. The molecule has 0 saturated carbocycles. The van der Waals surface area contributed by atoms with Crippen LogP contribution in [0.3, 0.4) is 0 Å². The number of benzene rings is 1. The summed E-state index contributed by atoms with van der Waals surface area (Å²) in [5.41, 5.74) is 2.08. The predicted molar refractivity (Wildman–Crippen MR) is 52.7 cm³/mol. The van der Waals surface area contributed by atoms with Crippen molar-refractivity contribution in [2.75, 3.05) is 0 Å². The van der Waals surface area contributed by atoms with E-state index in [1.807, 2.05) is 18.2 Å². The molecule has 13 heavy (non-hydrogen) atoms. The van der Waals surface area contributed by atoms with Crippen LogP contribution in [0.1, 0.15) is 16.8 Å². The first kappa shape index (κ1) is 7.92. The van der Waals surface area contributed by atoms with Gasteiger partial charge in [-0.05, 0) is 12.1 Å². The summed E-state index contributed by atoms with van der Waals surface area (Å²) < 4.78 is 0. The van der Waals surface area contributed by atoms with Gasteiger partial charge in [0, 0.05) is 12.0 Å². The molecule has 0 aromatic heterocycles. The molecule has 0 radical (unpaired) electrons. The summed E-state index contributed by atoms with van der Waals surface area (Å²) in [6, 6.07) is 7.39. The number of fused-ring (bicyclic) bond motifs is 1. The summed E-state index contributed by atoms with van der Waals surface area (Å²) in [4.78, 5) is 15.8. The maximum Gasteiger partial charge on any atom is 0.209 e. The predicted octanol–water partition coefficient (Wildman–Crippen LogP) is 2.53. The third kappa shape index (κ3) is 1.20. The van der Waals surface area contributed by atoms with Crippen LogP contribution in [0.2, 0.25) is 0 Å². The Hall–Kier alpha value is -1.70. The molecule has 1 aliphatic heterocycles. The molecule has 1 aromatic rings. The second-order valence-electron chi connectivity index (χ2n) is 2.90.